The van der Waals surface area contributed by atoms with Gasteiger partial charge in [0.05, 0.1) is 0 Å². The summed E-state index contributed by atoms with van der Waals surface area (Å²) in [6.45, 7) is 1.53. The second-order valence-electron chi connectivity index (χ2n) is 4.07. The largest absolute Gasteiger partial charge is 0.504 e. The van der Waals surface area contributed by atoms with Crippen molar-refractivity contribution in [3.8, 4) is 11.5 Å². The van der Waals surface area contributed by atoms with Crippen LogP contribution in [0, 0.1) is 0 Å². The van der Waals surface area contributed by atoms with Crippen LogP contribution < -0.4 is 5.32 Å². The van der Waals surface area contributed by atoms with E-state index in [2.05, 4.69) is 5.32 Å². The van der Waals surface area contributed by atoms with Crippen molar-refractivity contribution >= 4 is 34.8 Å². The number of anilines is 1. The molecule has 0 fully saturated rings. The van der Waals surface area contributed by atoms with Crippen LogP contribution in [0.2, 0.25) is 0 Å². The number of benzene rings is 2. The van der Waals surface area contributed by atoms with Gasteiger partial charge in [0.1, 0.15) is 6.04 Å². The zero-order chi connectivity index (χ0) is 13.3. The molecule has 0 bridgehead atoms. The minimum Gasteiger partial charge on any atom is -0.504 e. The van der Waals surface area contributed by atoms with Crippen molar-refractivity contribution in [2.75, 3.05) is 5.32 Å². The zero-order valence-corrected chi connectivity index (χ0v) is 10.9. The Morgan fingerprint density at radius 1 is 1.21 bits per heavy atom. The molecule has 0 saturated heterocycles. The molecule has 6 heteroatoms. The lowest BCUT2D eigenvalue weighted by molar-refractivity contribution is -0.137. The van der Waals surface area contributed by atoms with Crippen LogP contribution in [-0.2, 0) is 4.79 Å². The molecule has 0 aliphatic carbocycles. The van der Waals surface area contributed by atoms with E-state index >= 15 is 0 Å². The summed E-state index contributed by atoms with van der Waals surface area (Å²) in [4.78, 5) is 10.8. The summed E-state index contributed by atoms with van der Waals surface area (Å²) in [5.74, 6) is -1.40. The smallest absolute Gasteiger partial charge is 0.325 e. The third-order valence-corrected chi connectivity index (χ3v) is 2.72. The van der Waals surface area contributed by atoms with Crippen LogP contribution in [0.25, 0.3) is 10.8 Å². The van der Waals surface area contributed by atoms with Crippen LogP contribution in [0.15, 0.2) is 30.3 Å². The van der Waals surface area contributed by atoms with Crippen molar-refractivity contribution in [1.82, 2.24) is 0 Å². The Hall–Kier alpha value is -2.14. The molecule has 2 rings (SSSR count). The minimum absolute atomic E-state index is 0. The fraction of sp³-hybridized carbons (Fsp3) is 0.154. The first-order chi connectivity index (χ1) is 8.49. The molecule has 4 N–H and O–H groups in total. The Morgan fingerprint density at radius 2 is 1.84 bits per heavy atom. The molecule has 102 valence electrons. The number of carbonyl (C=O) groups is 1. The van der Waals surface area contributed by atoms with Gasteiger partial charge in [0, 0.05) is 11.1 Å². The highest BCUT2D eigenvalue weighted by molar-refractivity contribution is 5.97. The Balaban J connectivity index is 0.00000180. The number of nitrogens with one attached hydrogen (secondary N) is 1. The van der Waals surface area contributed by atoms with Gasteiger partial charge in [0.15, 0.2) is 11.5 Å². The van der Waals surface area contributed by atoms with Gasteiger partial charge in [0.25, 0.3) is 0 Å². The van der Waals surface area contributed by atoms with Crippen LogP contribution >= 0.6 is 12.4 Å². The van der Waals surface area contributed by atoms with Crippen molar-refractivity contribution < 1.29 is 20.1 Å². The molecule has 0 unspecified atom stereocenters. The lowest BCUT2D eigenvalue weighted by atomic mass is 10.1. The van der Waals surface area contributed by atoms with Crippen LogP contribution in [-0.4, -0.2) is 27.3 Å². The molecule has 2 aromatic carbocycles. The van der Waals surface area contributed by atoms with E-state index in [-0.39, 0.29) is 23.9 Å². The molecular formula is C13H14ClNO4. The first-order valence-electron chi connectivity index (χ1n) is 5.43. The number of phenols is 2. The Labute approximate surface area is 115 Å². The molecule has 0 radical (unpaired) electrons. The molecule has 0 saturated carbocycles. The van der Waals surface area contributed by atoms with E-state index in [0.29, 0.717) is 16.5 Å². The van der Waals surface area contributed by atoms with Crippen molar-refractivity contribution in [2.24, 2.45) is 0 Å². The zero-order valence-electron chi connectivity index (χ0n) is 10.1. The third kappa shape index (κ3) is 3.00. The maximum atomic E-state index is 10.8. The third-order valence-electron chi connectivity index (χ3n) is 2.72. The van der Waals surface area contributed by atoms with Gasteiger partial charge in [-0.15, -0.1) is 12.4 Å². The molecule has 5 nitrogen and oxygen atoms in total. The van der Waals surface area contributed by atoms with Gasteiger partial charge < -0.3 is 20.6 Å². The number of hydrogen-bond donors (Lipinski definition) is 4. The summed E-state index contributed by atoms with van der Waals surface area (Å²) >= 11 is 0. The van der Waals surface area contributed by atoms with Gasteiger partial charge >= 0.3 is 5.97 Å². The highest BCUT2D eigenvalue weighted by Gasteiger charge is 2.12. The average Bonchev–Trinajstić information content (AvgIpc) is 2.31. The average molecular weight is 284 g/mol. The number of aromatic hydroxyl groups is 2. The Bertz CT molecular complexity index is 615. The standard InChI is InChI=1S/C13H13NO4.ClH/c1-7(13(17)18)14-10-4-2-3-8-5-11(15)12(16)6-9(8)10;/h2-7,14-16H,1H3,(H,17,18);1H/t7-;/m0./s1. The van der Waals surface area contributed by atoms with Gasteiger partial charge in [-0.25, -0.2) is 0 Å². The summed E-state index contributed by atoms with van der Waals surface area (Å²) in [5, 5.41) is 32.0. The van der Waals surface area contributed by atoms with Crippen molar-refractivity contribution in [2.45, 2.75) is 13.0 Å². The summed E-state index contributed by atoms with van der Waals surface area (Å²) in [5.41, 5.74) is 0.595. The van der Waals surface area contributed by atoms with Gasteiger partial charge in [-0.1, -0.05) is 12.1 Å². The minimum atomic E-state index is -0.963. The lowest BCUT2D eigenvalue weighted by Gasteiger charge is -2.13. The fourth-order valence-corrected chi connectivity index (χ4v) is 1.72. The van der Waals surface area contributed by atoms with E-state index in [1.807, 2.05) is 0 Å². The molecule has 0 heterocycles. The van der Waals surface area contributed by atoms with Gasteiger partial charge in [0.2, 0.25) is 0 Å². The van der Waals surface area contributed by atoms with Crippen LogP contribution in [0.1, 0.15) is 6.92 Å². The van der Waals surface area contributed by atoms with Crippen LogP contribution in [0.4, 0.5) is 5.69 Å². The SMILES string of the molecule is C[C@H](Nc1cccc2cc(O)c(O)cc12)C(=O)O.Cl. The highest BCUT2D eigenvalue weighted by atomic mass is 35.5. The Kier molecular flexibility index (Phi) is 4.45. The second kappa shape index (κ2) is 5.67. The second-order valence-corrected chi connectivity index (χ2v) is 4.07. The number of halogens is 1. The number of carboxylic acid groups (broad SMARTS) is 1. The summed E-state index contributed by atoms with van der Waals surface area (Å²) in [6, 6.07) is 7.33. The van der Waals surface area contributed by atoms with Gasteiger partial charge in [-0.2, -0.15) is 0 Å². The molecule has 2 aromatic rings. The monoisotopic (exact) mass is 283 g/mol. The van der Waals surface area contributed by atoms with E-state index in [1.54, 1.807) is 18.2 Å². The molecule has 0 spiro atoms. The van der Waals surface area contributed by atoms with E-state index in [0.717, 1.165) is 0 Å². The molecule has 1 atom stereocenters. The highest BCUT2D eigenvalue weighted by Crippen LogP contribution is 2.33. The van der Waals surface area contributed by atoms with E-state index in [9.17, 15) is 15.0 Å². The number of aliphatic carboxylic acids is 1. The first kappa shape index (κ1) is 14.9. The predicted molar refractivity (Wildman–Crippen MR) is 75.2 cm³/mol. The summed E-state index contributed by atoms with van der Waals surface area (Å²) < 4.78 is 0. The van der Waals surface area contributed by atoms with Gasteiger partial charge in [-0.3, -0.25) is 4.79 Å². The van der Waals surface area contributed by atoms with Crippen molar-refractivity contribution in [3.05, 3.63) is 30.3 Å². The van der Waals surface area contributed by atoms with E-state index in [4.69, 9.17) is 5.11 Å². The number of phenolic OH excluding ortho intramolecular Hbond substituents is 2. The molecule has 0 aromatic heterocycles. The molecule has 0 aliphatic rings. The quantitative estimate of drug-likeness (QED) is 0.650. The first-order valence-corrected chi connectivity index (χ1v) is 5.43. The van der Waals surface area contributed by atoms with Crippen molar-refractivity contribution in [3.63, 3.8) is 0 Å². The molecule has 0 amide bonds. The maximum Gasteiger partial charge on any atom is 0.325 e. The van der Waals surface area contributed by atoms with E-state index < -0.39 is 12.0 Å². The fourth-order valence-electron chi connectivity index (χ4n) is 1.72. The lowest BCUT2D eigenvalue weighted by Crippen LogP contribution is -2.25. The number of rotatable bonds is 3. The molecule has 19 heavy (non-hydrogen) atoms. The molecule has 0 aliphatic heterocycles. The summed E-state index contributed by atoms with van der Waals surface area (Å²) in [7, 11) is 0. The van der Waals surface area contributed by atoms with Crippen LogP contribution in [0.5, 0.6) is 11.5 Å². The van der Waals surface area contributed by atoms with Gasteiger partial charge in [-0.05, 0) is 30.5 Å². The number of carboxylic acids is 1. The van der Waals surface area contributed by atoms with Crippen molar-refractivity contribution in [1.29, 1.82) is 0 Å². The number of hydrogen-bond acceptors (Lipinski definition) is 4. The van der Waals surface area contributed by atoms with Crippen LogP contribution in [0.3, 0.4) is 0 Å². The topological polar surface area (TPSA) is 89.8 Å². The number of fused-ring (bicyclic) bond motifs is 1. The normalized spacial score (nSPS) is 11.6. The maximum absolute atomic E-state index is 10.8. The predicted octanol–water partition coefficient (Wildman–Crippen LogP) is 2.56. The molecular weight excluding hydrogens is 270 g/mol. The Morgan fingerprint density at radius 3 is 2.47 bits per heavy atom. The van der Waals surface area contributed by atoms with E-state index in [1.165, 1.54) is 19.1 Å². The summed E-state index contributed by atoms with van der Waals surface area (Å²) in [6.07, 6.45) is 0.